The van der Waals surface area contributed by atoms with Crippen LogP contribution >= 0.6 is 11.6 Å². The van der Waals surface area contributed by atoms with Gasteiger partial charge < -0.3 is 5.32 Å². The van der Waals surface area contributed by atoms with Crippen molar-refractivity contribution in [3.05, 3.63) is 35.7 Å². The first-order valence-corrected chi connectivity index (χ1v) is 4.36. The molecule has 0 aromatic heterocycles. The van der Waals surface area contributed by atoms with E-state index in [1.165, 1.54) is 0 Å². The van der Waals surface area contributed by atoms with Gasteiger partial charge in [-0.25, -0.2) is 0 Å². The number of nitrogens with one attached hydrogen (secondary N) is 1. The van der Waals surface area contributed by atoms with Crippen molar-refractivity contribution >= 4 is 23.2 Å². The average molecular weight is 196 g/mol. The fourth-order valence-corrected chi connectivity index (χ4v) is 1.04. The molecule has 1 rings (SSSR count). The van der Waals surface area contributed by atoms with Gasteiger partial charge in [-0.15, -0.1) is 0 Å². The van der Waals surface area contributed by atoms with E-state index in [0.717, 1.165) is 0 Å². The lowest BCUT2D eigenvalue weighted by atomic mass is 10.2. The molecule has 3 heteroatoms. The van der Waals surface area contributed by atoms with E-state index < -0.39 is 0 Å². The minimum Gasteiger partial charge on any atom is -0.325 e. The zero-order chi connectivity index (χ0) is 9.84. The second-order valence-electron chi connectivity index (χ2n) is 2.64. The maximum absolute atomic E-state index is 11.0. The van der Waals surface area contributed by atoms with E-state index in [4.69, 9.17) is 18.5 Å². The molecule has 0 saturated carbocycles. The number of carbonyl (C=O) groups is 1. The molecule has 1 N–H and O–H groups in total. The average Bonchev–Trinajstić information content (AvgIpc) is 2.11. The number of anilines is 1. The van der Waals surface area contributed by atoms with Crippen molar-refractivity contribution in [2.75, 3.05) is 5.32 Å². The smallest absolute Gasteiger partial charge is 0.224 e. The normalized spacial score (nSPS) is 9.77. The van der Waals surface area contributed by atoms with Crippen molar-refractivity contribution in [2.45, 2.75) is 13.3 Å². The number of carbonyl (C=O) groups excluding carboxylic acids is 1. The molecule has 13 heavy (non-hydrogen) atoms. The Morgan fingerprint density at radius 2 is 2.31 bits per heavy atom. The molecule has 0 spiro atoms. The van der Waals surface area contributed by atoms with Gasteiger partial charge in [0.1, 0.15) is 0 Å². The lowest BCUT2D eigenvalue weighted by Crippen LogP contribution is -2.09. The molecule has 0 heterocycles. The zero-order valence-corrected chi connectivity index (χ0v) is 8.06. The first-order valence-electron chi connectivity index (χ1n) is 3.98. The Balaban J connectivity index is 2.87. The molecule has 2 radical (unpaired) electrons. The summed E-state index contributed by atoms with van der Waals surface area (Å²) in [7, 11) is 0. The van der Waals surface area contributed by atoms with Crippen LogP contribution in [0.3, 0.4) is 0 Å². The third kappa shape index (κ3) is 2.74. The molecule has 0 aliphatic heterocycles. The Kier molecular flexibility index (Phi) is 3.32. The molecule has 0 atom stereocenters. The lowest BCUT2D eigenvalue weighted by Gasteiger charge is -2.06. The molecular weight excluding hydrogens is 186 g/mol. The summed E-state index contributed by atoms with van der Waals surface area (Å²) in [5, 5.41) is 3.15. The van der Waals surface area contributed by atoms with Gasteiger partial charge >= 0.3 is 0 Å². The Hall–Kier alpha value is -1.02. The molecule has 0 fully saturated rings. The third-order valence-corrected chi connectivity index (χ3v) is 1.92. The van der Waals surface area contributed by atoms with E-state index in [-0.39, 0.29) is 5.91 Å². The van der Waals surface area contributed by atoms with Crippen molar-refractivity contribution in [2.24, 2.45) is 0 Å². The highest BCUT2D eigenvalue weighted by Gasteiger charge is 2.03. The van der Waals surface area contributed by atoms with Crippen LogP contribution in [0.15, 0.2) is 18.2 Å². The van der Waals surface area contributed by atoms with E-state index in [0.29, 0.717) is 22.7 Å². The van der Waals surface area contributed by atoms with Crippen LogP contribution in [0.1, 0.15) is 18.9 Å². The van der Waals surface area contributed by atoms with E-state index in [1.54, 1.807) is 25.1 Å². The van der Waals surface area contributed by atoms with Crippen molar-refractivity contribution < 1.29 is 4.79 Å². The first kappa shape index (κ1) is 10.1. The topological polar surface area (TPSA) is 29.1 Å². The molecule has 0 aliphatic carbocycles. The number of halogens is 1. The second kappa shape index (κ2) is 4.28. The van der Waals surface area contributed by atoms with Crippen LogP contribution < -0.4 is 5.32 Å². The second-order valence-corrected chi connectivity index (χ2v) is 3.05. The SMILES string of the molecule is [CH]c1ccc(Cl)c(NC(=O)CC)c1. The monoisotopic (exact) mass is 195 g/mol. The van der Waals surface area contributed by atoms with Crippen LogP contribution in [0.2, 0.25) is 5.02 Å². The predicted molar refractivity (Wildman–Crippen MR) is 53.8 cm³/mol. The van der Waals surface area contributed by atoms with Crippen molar-refractivity contribution in [3.8, 4) is 0 Å². The van der Waals surface area contributed by atoms with Crippen molar-refractivity contribution in [1.29, 1.82) is 0 Å². The zero-order valence-electron chi connectivity index (χ0n) is 7.30. The molecule has 0 saturated heterocycles. The quantitative estimate of drug-likeness (QED) is 0.773. The van der Waals surface area contributed by atoms with Gasteiger partial charge in [-0.1, -0.05) is 24.6 Å². The van der Waals surface area contributed by atoms with E-state index >= 15 is 0 Å². The van der Waals surface area contributed by atoms with Gasteiger partial charge in [-0.2, -0.15) is 0 Å². The highest BCUT2D eigenvalue weighted by molar-refractivity contribution is 6.33. The summed E-state index contributed by atoms with van der Waals surface area (Å²) in [4.78, 5) is 11.0. The van der Waals surface area contributed by atoms with Crippen LogP contribution in [0.25, 0.3) is 0 Å². The number of rotatable bonds is 2. The first-order chi connectivity index (χ1) is 6.13. The van der Waals surface area contributed by atoms with Gasteiger partial charge in [0.15, 0.2) is 0 Å². The standard InChI is InChI=1S/C10H10ClNO/c1-3-10(13)12-9-6-7(2)4-5-8(9)11/h2,4-6H,3H2,1H3,(H,12,13). The number of benzene rings is 1. The molecule has 0 bridgehead atoms. The summed E-state index contributed by atoms with van der Waals surface area (Å²) in [5.41, 5.74) is 1.14. The summed E-state index contributed by atoms with van der Waals surface area (Å²) in [6, 6.07) is 4.97. The van der Waals surface area contributed by atoms with Gasteiger partial charge in [0.05, 0.1) is 10.7 Å². The molecule has 1 aromatic rings. The van der Waals surface area contributed by atoms with Gasteiger partial charge in [-0.3, -0.25) is 4.79 Å². The Morgan fingerprint density at radius 3 is 2.92 bits per heavy atom. The highest BCUT2D eigenvalue weighted by atomic mass is 35.5. The minimum absolute atomic E-state index is 0.0764. The molecule has 1 amide bonds. The van der Waals surface area contributed by atoms with E-state index in [9.17, 15) is 4.79 Å². The number of hydrogen-bond acceptors (Lipinski definition) is 1. The largest absolute Gasteiger partial charge is 0.325 e. The van der Waals surface area contributed by atoms with Crippen LogP contribution in [-0.2, 0) is 4.79 Å². The van der Waals surface area contributed by atoms with E-state index in [1.807, 2.05) is 0 Å². The van der Waals surface area contributed by atoms with Gasteiger partial charge in [0, 0.05) is 6.42 Å². The predicted octanol–water partition coefficient (Wildman–Crippen LogP) is 2.75. The van der Waals surface area contributed by atoms with Crippen molar-refractivity contribution in [1.82, 2.24) is 0 Å². The van der Waals surface area contributed by atoms with Crippen LogP contribution in [-0.4, -0.2) is 5.91 Å². The summed E-state index contributed by atoms with van der Waals surface area (Å²) in [5.74, 6) is -0.0764. The summed E-state index contributed by atoms with van der Waals surface area (Å²) in [6.07, 6.45) is 0.422. The van der Waals surface area contributed by atoms with Gasteiger partial charge in [0.25, 0.3) is 0 Å². The highest BCUT2D eigenvalue weighted by Crippen LogP contribution is 2.22. The van der Waals surface area contributed by atoms with Gasteiger partial charge in [-0.05, 0) is 24.6 Å². The van der Waals surface area contributed by atoms with E-state index in [2.05, 4.69) is 5.32 Å². The molecule has 68 valence electrons. The number of hydrogen-bond donors (Lipinski definition) is 1. The molecule has 0 unspecified atom stereocenters. The summed E-state index contributed by atoms with van der Waals surface area (Å²) < 4.78 is 0. The van der Waals surface area contributed by atoms with Crippen LogP contribution in [0.4, 0.5) is 5.69 Å². The summed E-state index contributed by atoms with van der Waals surface area (Å²) in [6.45, 7) is 7.31. The fourth-order valence-electron chi connectivity index (χ4n) is 0.877. The van der Waals surface area contributed by atoms with Crippen molar-refractivity contribution in [3.63, 3.8) is 0 Å². The van der Waals surface area contributed by atoms with Crippen LogP contribution in [0, 0.1) is 6.92 Å². The molecule has 0 aliphatic rings. The maximum Gasteiger partial charge on any atom is 0.224 e. The fraction of sp³-hybridized carbons (Fsp3) is 0.200. The Labute approximate surface area is 82.9 Å². The molecule has 1 aromatic carbocycles. The minimum atomic E-state index is -0.0764. The van der Waals surface area contributed by atoms with Gasteiger partial charge in [0.2, 0.25) is 5.91 Å². The maximum atomic E-state index is 11.0. The Bertz CT molecular complexity index is 323. The number of amides is 1. The molecule has 2 nitrogen and oxygen atoms in total. The Morgan fingerprint density at radius 1 is 1.62 bits per heavy atom. The lowest BCUT2D eigenvalue weighted by molar-refractivity contribution is -0.115. The molecular formula is C10H10ClNO. The van der Waals surface area contributed by atoms with Crippen LogP contribution in [0.5, 0.6) is 0 Å². The summed E-state index contributed by atoms with van der Waals surface area (Å²) >= 11 is 5.83. The third-order valence-electron chi connectivity index (χ3n) is 1.59.